The average molecular weight is 521 g/mol. The number of hydrogen-bond acceptors (Lipinski definition) is 0. The van der Waals surface area contributed by atoms with Gasteiger partial charge in [-0.25, -0.2) is 0 Å². The van der Waals surface area contributed by atoms with Crippen LogP contribution in [0, 0.1) is 0 Å². The Morgan fingerprint density at radius 1 is 0.724 bits per heavy atom. The third kappa shape index (κ3) is 8.93. The standard InChI is InChI=1S/C12H13.C11H11.C2H6Si.2ClH.Zr/c1-2-5-10-8-9-11-6-3-4-7-12(10)11;1-2-9-7-8-10-5-3-4-6-11(9)10;1-3-2;;;/h3-4,6-9H,2,5H2,1H3;3-8H,2H2,1H3;1-2H3;2*1H;/q2*-1;;;;+4/p-2. The molecule has 4 aromatic rings. The molecule has 0 nitrogen and oxygen atoms in total. The minimum atomic E-state index is 0. The van der Waals surface area contributed by atoms with E-state index in [1.165, 1.54) is 45.5 Å². The fourth-order valence-electron chi connectivity index (χ4n) is 3.23. The molecule has 4 rings (SSSR count). The van der Waals surface area contributed by atoms with Crippen LogP contribution in [0.5, 0.6) is 0 Å². The maximum Gasteiger partial charge on any atom is 4.00 e. The van der Waals surface area contributed by atoms with E-state index in [0.29, 0.717) is 0 Å². The monoisotopic (exact) mass is 518 g/mol. The van der Waals surface area contributed by atoms with Gasteiger partial charge in [-0.2, -0.15) is 11.1 Å². The van der Waals surface area contributed by atoms with E-state index in [1.54, 1.807) is 0 Å². The molecule has 0 fully saturated rings. The molecule has 4 heteroatoms. The Labute approximate surface area is 211 Å². The number of benzene rings is 2. The van der Waals surface area contributed by atoms with Gasteiger partial charge < -0.3 is 24.8 Å². The zero-order chi connectivity index (χ0) is 18.8. The van der Waals surface area contributed by atoms with E-state index in [1.807, 2.05) is 0 Å². The molecule has 0 aliphatic rings. The van der Waals surface area contributed by atoms with Gasteiger partial charge in [0.05, 0.1) is 0 Å². The molecule has 0 bridgehead atoms. The van der Waals surface area contributed by atoms with Crippen LogP contribution in [0.15, 0.2) is 72.8 Å². The first-order valence-corrected chi connectivity index (χ1v) is 11.6. The van der Waals surface area contributed by atoms with Crippen molar-refractivity contribution < 1.29 is 51.0 Å². The second-order valence-corrected chi connectivity index (χ2v) is 7.50. The second-order valence-electron chi connectivity index (χ2n) is 6.50. The molecule has 0 aliphatic carbocycles. The van der Waals surface area contributed by atoms with Crippen LogP contribution in [0.1, 0.15) is 31.4 Å². The van der Waals surface area contributed by atoms with Crippen LogP contribution < -0.4 is 24.8 Å². The van der Waals surface area contributed by atoms with Crippen molar-refractivity contribution in [2.45, 2.75) is 46.2 Å². The Kier molecular flexibility index (Phi) is 18.0. The molecule has 0 aliphatic heterocycles. The summed E-state index contributed by atoms with van der Waals surface area (Å²) in [6, 6.07) is 26.0. The van der Waals surface area contributed by atoms with Gasteiger partial charge in [0.1, 0.15) is 0 Å². The summed E-state index contributed by atoms with van der Waals surface area (Å²) in [5, 5.41) is 5.58. The topological polar surface area (TPSA) is 0 Å². The van der Waals surface area contributed by atoms with E-state index in [0.717, 1.165) is 15.9 Å². The number of aryl methyl sites for hydroxylation is 2. The number of rotatable bonds is 3. The Bertz CT molecular complexity index is 911. The van der Waals surface area contributed by atoms with Crippen LogP contribution in [0.4, 0.5) is 0 Å². The van der Waals surface area contributed by atoms with Crippen LogP contribution in [0.25, 0.3) is 21.5 Å². The SMILES string of the molecule is CCCc1c[cH-]c2ccccc12.CCc1c[cH-]c2ccccc12.C[Si]C.[Cl-].[Cl-].[Zr+4]. The molecule has 0 unspecified atom stereocenters. The van der Waals surface area contributed by atoms with E-state index in [2.05, 4.69) is 99.7 Å². The Hall–Kier alpha value is -0.660. The Morgan fingerprint density at radius 3 is 1.59 bits per heavy atom. The van der Waals surface area contributed by atoms with Gasteiger partial charge in [0, 0.05) is 9.52 Å². The van der Waals surface area contributed by atoms with Crippen molar-refractivity contribution in [1.82, 2.24) is 0 Å². The first-order chi connectivity index (χ1) is 12.7. The van der Waals surface area contributed by atoms with E-state index in [9.17, 15) is 0 Å². The smallest absolute Gasteiger partial charge is 1.00 e. The summed E-state index contributed by atoms with van der Waals surface area (Å²) in [7, 11) is 1.08. The van der Waals surface area contributed by atoms with Gasteiger partial charge in [-0.3, -0.25) is 0 Å². The summed E-state index contributed by atoms with van der Waals surface area (Å²) in [6.45, 7) is 8.73. The van der Waals surface area contributed by atoms with Crippen molar-refractivity contribution in [3.63, 3.8) is 0 Å². The zero-order valence-electron chi connectivity index (χ0n) is 17.8. The quantitative estimate of drug-likeness (QED) is 0.283. The average Bonchev–Trinajstić information content (AvgIpc) is 3.28. The van der Waals surface area contributed by atoms with E-state index in [-0.39, 0.29) is 51.0 Å². The van der Waals surface area contributed by atoms with Crippen LogP contribution >= 0.6 is 0 Å². The van der Waals surface area contributed by atoms with Crippen LogP contribution in [0.2, 0.25) is 13.1 Å². The normalized spacial score (nSPS) is 9.10. The minimum Gasteiger partial charge on any atom is -1.00 e. The van der Waals surface area contributed by atoms with Crippen LogP contribution in [0.3, 0.4) is 0 Å². The first kappa shape index (κ1) is 30.5. The summed E-state index contributed by atoms with van der Waals surface area (Å²) in [5.41, 5.74) is 2.95. The predicted octanol–water partition coefficient (Wildman–Crippen LogP) is 1.42. The Morgan fingerprint density at radius 2 is 1.14 bits per heavy atom. The van der Waals surface area contributed by atoms with Crippen molar-refractivity contribution in [2.24, 2.45) is 0 Å². The second kappa shape index (κ2) is 17.1. The van der Waals surface area contributed by atoms with Crippen molar-refractivity contribution in [2.75, 3.05) is 0 Å². The van der Waals surface area contributed by atoms with Gasteiger partial charge in [-0.1, -0.05) is 58.3 Å². The van der Waals surface area contributed by atoms with Crippen molar-refractivity contribution in [3.05, 3.63) is 83.9 Å². The Balaban J connectivity index is 0. The van der Waals surface area contributed by atoms with Gasteiger partial charge in [0.25, 0.3) is 0 Å². The summed E-state index contributed by atoms with van der Waals surface area (Å²) in [5.74, 6) is 0. The van der Waals surface area contributed by atoms with Crippen LogP contribution in [-0.2, 0) is 39.0 Å². The van der Waals surface area contributed by atoms with Gasteiger partial charge >= 0.3 is 26.2 Å². The zero-order valence-corrected chi connectivity index (χ0v) is 22.8. The number of hydrogen-bond donors (Lipinski definition) is 0. The molecule has 0 N–H and O–H groups in total. The fraction of sp³-hybridized carbons (Fsp3) is 0.280. The van der Waals surface area contributed by atoms with Crippen molar-refractivity contribution in [3.8, 4) is 0 Å². The maximum atomic E-state index is 2.24. The molecular weight excluding hydrogens is 490 g/mol. The van der Waals surface area contributed by atoms with Gasteiger partial charge in [-0.15, -0.1) is 82.2 Å². The van der Waals surface area contributed by atoms with E-state index in [4.69, 9.17) is 0 Å². The molecule has 0 amide bonds. The van der Waals surface area contributed by atoms with Crippen LogP contribution in [-0.4, -0.2) is 9.52 Å². The van der Waals surface area contributed by atoms with Crippen molar-refractivity contribution >= 4 is 31.1 Å². The van der Waals surface area contributed by atoms with E-state index >= 15 is 0 Å². The van der Waals surface area contributed by atoms with E-state index < -0.39 is 0 Å². The largest absolute Gasteiger partial charge is 4.00 e. The molecule has 0 saturated heterocycles. The van der Waals surface area contributed by atoms with Gasteiger partial charge in [-0.05, 0) is 0 Å². The molecule has 0 spiro atoms. The van der Waals surface area contributed by atoms with Crippen molar-refractivity contribution in [1.29, 1.82) is 0 Å². The third-order valence-electron chi connectivity index (χ3n) is 4.44. The predicted molar refractivity (Wildman–Crippen MR) is 120 cm³/mol. The summed E-state index contributed by atoms with van der Waals surface area (Å²) in [4.78, 5) is 0. The van der Waals surface area contributed by atoms with Gasteiger partial charge in [0.2, 0.25) is 0 Å². The number of fused-ring (bicyclic) bond motifs is 2. The molecule has 2 radical (unpaired) electrons. The molecule has 0 heterocycles. The third-order valence-corrected chi connectivity index (χ3v) is 4.44. The summed E-state index contributed by atoms with van der Waals surface area (Å²) < 4.78 is 0. The molecule has 152 valence electrons. The molecule has 29 heavy (non-hydrogen) atoms. The first-order valence-electron chi connectivity index (χ1n) is 9.60. The summed E-state index contributed by atoms with van der Waals surface area (Å²) in [6.07, 6.45) is 3.56. The minimum absolute atomic E-state index is 0. The molecular formula is C25H30Cl2SiZr. The maximum absolute atomic E-state index is 2.24. The molecule has 0 saturated carbocycles. The molecule has 4 aromatic carbocycles. The fourth-order valence-corrected chi connectivity index (χ4v) is 3.23. The molecule has 0 atom stereocenters. The van der Waals surface area contributed by atoms with Gasteiger partial charge in [0.15, 0.2) is 0 Å². The number of halogens is 2. The molecule has 0 aromatic heterocycles. The summed E-state index contributed by atoms with van der Waals surface area (Å²) >= 11 is 0.